The number of hydrogen-bond acceptors (Lipinski definition) is 4. The molecule has 122 valence electrons. The number of imidazole rings is 1. The quantitative estimate of drug-likeness (QED) is 0.840. The maximum Gasteiger partial charge on any atom is 0.260 e. The van der Waals surface area contributed by atoms with E-state index < -0.39 is 0 Å². The number of aromatic nitrogens is 2. The predicted octanol–water partition coefficient (Wildman–Crippen LogP) is 1.57. The van der Waals surface area contributed by atoms with E-state index in [1.54, 1.807) is 18.3 Å². The Morgan fingerprint density at radius 1 is 1.35 bits per heavy atom. The molecule has 0 N–H and O–H groups in total. The topological polar surface area (TPSA) is 56.6 Å². The SMILES string of the molecule is COCC1CN(C(=O)COc2ccccc2)Cc2ncn(C)c21. The van der Waals surface area contributed by atoms with Crippen LogP contribution in [0.2, 0.25) is 0 Å². The summed E-state index contributed by atoms with van der Waals surface area (Å²) in [6.45, 7) is 1.74. The Balaban J connectivity index is 1.67. The minimum Gasteiger partial charge on any atom is -0.484 e. The number of para-hydroxylation sites is 1. The van der Waals surface area contributed by atoms with Gasteiger partial charge in [-0.1, -0.05) is 18.2 Å². The van der Waals surface area contributed by atoms with E-state index in [1.807, 2.05) is 41.9 Å². The van der Waals surface area contributed by atoms with Crippen LogP contribution < -0.4 is 4.74 Å². The summed E-state index contributed by atoms with van der Waals surface area (Å²) in [7, 11) is 3.65. The van der Waals surface area contributed by atoms with Crippen LogP contribution in [0.15, 0.2) is 36.7 Å². The first-order valence-corrected chi connectivity index (χ1v) is 7.63. The lowest BCUT2D eigenvalue weighted by Crippen LogP contribution is -2.42. The van der Waals surface area contributed by atoms with Gasteiger partial charge >= 0.3 is 0 Å². The van der Waals surface area contributed by atoms with Crippen molar-refractivity contribution in [2.75, 3.05) is 26.9 Å². The van der Waals surface area contributed by atoms with Gasteiger partial charge in [-0.2, -0.15) is 0 Å². The third kappa shape index (κ3) is 3.37. The number of nitrogens with zero attached hydrogens (tertiary/aromatic N) is 3. The Bertz CT molecular complexity index is 669. The van der Waals surface area contributed by atoms with Crippen LogP contribution in [0.4, 0.5) is 0 Å². The van der Waals surface area contributed by atoms with Gasteiger partial charge in [0.05, 0.1) is 25.2 Å². The maximum atomic E-state index is 12.5. The molecule has 3 rings (SSSR count). The zero-order valence-electron chi connectivity index (χ0n) is 13.4. The van der Waals surface area contributed by atoms with E-state index in [4.69, 9.17) is 9.47 Å². The zero-order chi connectivity index (χ0) is 16.2. The average molecular weight is 315 g/mol. The van der Waals surface area contributed by atoms with E-state index in [0.717, 1.165) is 11.4 Å². The number of carbonyl (C=O) groups excluding carboxylic acids is 1. The first-order valence-electron chi connectivity index (χ1n) is 7.63. The van der Waals surface area contributed by atoms with Crippen molar-refractivity contribution in [1.82, 2.24) is 14.5 Å². The van der Waals surface area contributed by atoms with E-state index in [9.17, 15) is 4.79 Å². The average Bonchev–Trinajstić information content (AvgIpc) is 2.95. The van der Waals surface area contributed by atoms with E-state index in [2.05, 4.69) is 4.98 Å². The molecule has 0 aliphatic carbocycles. The number of carbonyl (C=O) groups is 1. The number of rotatable bonds is 5. The monoisotopic (exact) mass is 315 g/mol. The summed E-state index contributed by atoms with van der Waals surface area (Å²) in [5.74, 6) is 0.799. The fraction of sp³-hybridized carbons (Fsp3) is 0.412. The van der Waals surface area contributed by atoms with Gasteiger partial charge in [-0.15, -0.1) is 0 Å². The molecule has 23 heavy (non-hydrogen) atoms. The summed E-state index contributed by atoms with van der Waals surface area (Å²) < 4.78 is 12.9. The molecule has 6 nitrogen and oxygen atoms in total. The van der Waals surface area contributed by atoms with Crippen LogP contribution >= 0.6 is 0 Å². The number of aryl methyl sites for hydroxylation is 1. The summed E-state index contributed by atoms with van der Waals surface area (Å²) in [4.78, 5) is 18.7. The van der Waals surface area contributed by atoms with Gasteiger partial charge in [-0.3, -0.25) is 4.79 Å². The minimum absolute atomic E-state index is 0.0336. The summed E-state index contributed by atoms with van der Waals surface area (Å²) in [5.41, 5.74) is 2.09. The second-order valence-electron chi connectivity index (χ2n) is 5.72. The molecular weight excluding hydrogens is 294 g/mol. The van der Waals surface area contributed by atoms with E-state index >= 15 is 0 Å². The number of fused-ring (bicyclic) bond motifs is 1. The number of methoxy groups -OCH3 is 1. The Kier molecular flexibility index (Phi) is 4.62. The Hall–Kier alpha value is -2.34. The van der Waals surface area contributed by atoms with Gasteiger partial charge in [-0.25, -0.2) is 4.98 Å². The van der Waals surface area contributed by atoms with Crippen molar-refractivity contribution in [2.24, 2.45) is 7.05 Å². The fourth-order valence-electron chi connectivity index (χ4n) is 3.01. The summed E-state index contributed by atoms with van der Waals surface area (Å²) in [6.07, 6.45) is 1.79. The highest BCUT2D eigenvalue weighted by atomic mass is 16.5. The predicted molar refractivity (Wildman–Crippen MR) is 85.2 cm³/mol. The summed E-state index contributed by atoms with van der Waals surface area (Å²) in [6, 6.07) is 9.37. The van der Waals surface area contributed by atoms with E-state index in [0.29, 0.717) is 25.4 Å². The molecule has 6 heteroatoms. The normalized spacial score (nSPS) is 17.0. The van der Waals surface area contributed by atoms with Crippen LogP contribution in [0.3, 0.4) is 0 Å². The lowest BCUT2D eigenvalue weighted by atomic mass is 9.99. The second kappa shape index (κ2) is 6.83. The molecule has 0 saturated carbocycles. The molecule has 1 aromatic carbocycles. The number of benzene rings is 1. The van der Waals surface area contributed by atoms with Crippen molar-refractivity contribution in [3.05, 3.63) is 48.0 Å². The van der Waals surface area contributed by atoms with Crippen molar-refractivity contribution < 1.29 is 14.3 Å². The van der Waals surface area contributed by atoms with Crippen molar-refractivity contribution in [1.29, 1.82) is 0 Å². The van der Waals surface area contributed by atoms with Gasteiger partial charge in [0, 0.05) is 32.3 Å². The largest absolute Gasteiger partial charge is 0.484 e. The van der Waals surface area contributed by atoms with E-state index in [-0.39, 0.29) is 18.4 Å². The third-order valence-corrected chi connectivity index (χ3v) is 4.06. The number of hydrogen-bond donors (Lipinski definition) is 0. The second-order valence-corrected chi connectivity index (χ2v) is 5.72. The van der Waals surface area contributed by atoms with Crippen LogP contribution in [-0.4, -0.2) is 47.2 Å². The molecule has 1 aromatic heterocycles. The van der Waals surface area contributed by atoms with Gasteiger partial charge in [-0.05, 0) is 12.1 Å². The fourth-order valence-corrected chi connectivity index (χ4v) is 3.01. The molecule has 0 spiro atoms. The molecular formula is C17H21N3O3. The molecule has 2 aromatic rings. The van der Waals surface area contributed by atoms with Crippen LogP contribution in [0.25, 0.3) is 0 Å². The van der Waals surface area contributed by atoms with Crippen molar-refractivity contribution in [3.63, 3.8) is 0 Å². The standard InChI is InChI=1S/C17H21N3O3/c1-19-12-18-15-9-20(8-13(10-22-2)17(15)19)16(21)11-23-14-6-4-3-5-7-14/h3-7,12-13H,8-11H2,1-2H3. The molecule has 1 aliphatic rings. The molecule has 0 radical (unpaired) electrons. The lowest BCUT2D eigenvalue weighted by molar-refractivity contribution is -0.135. The summed E-state index contributed by atoms with van der Waals surface area (Å²) in [5, 5.41) is 0. The van der Waals surface area contributed by atoms with Gasteiger partial charge in [0.25, 0.3) is 5.91 Å². The minimum atomic E-state index is -0.0359. The van der Waals surface area contributed by atoms with Crippen LogP contribution in [-0.2, 0) is 23.1 Å². The Morgan fingerprint density at radius 2 is 2.13 bits per heavy atom. The Morgan fingerprint density at radius 3 is 2.87 bits per heavy atom. The maximum absolute atomic E-state index is 12.5. The highest BCUT2D eigenvalue weighted by Gasteiger charge is 2.31. The van der Waals surface area contributed by atoms with Crippen molar-refractivity contribution in [3.8, 4) is 5.75 Å². The molecule has 1 aliphatic heterocycles. The molecule has 1 unspecified atom stereocenters. The van der Waals surface area contributed by atoms with Crippen LogP contribution in [0.1, 0.15) is 17.3 Å². The molecule has 1 amide bonds. The molecule has 0 saturated heterocycles. The summed E-state index contributed by atoms with van der Waals surface area (Å²) >= 11 is 0. The smallest absolute Gasteiger partial charge is 0.260 e. The van der Waals surface area contributed by atoms with Crippen molar-refractivity contribution >= 4 is 5.91 Å². The van der Waals surface area contributed by atoms with E-state index in [1.165, 1.54) is 0 Å². The molecule has 2 heterocycles. The molecule has 1 atom stereocenters. The van der Waals surface area contributed by atoms with Gasteiger partial charge < -0.3 is 18.9 Å². The first kappa shape index (κ1) is 15.6. The number of amides is 1. The zero-order valence-corrected chi connectivity index (χ0v) is 13.4. The van der Waals surface area contributed by atoms with Gasteiger partial charge in [0.15, 0.2) is 6.61 Å². The highest BCUT2D eigenvalue weighted by Crippen LogP contribution is 2.27. The molecule has 0 fully saturated rings. The third-order valence-electron chi connectivity index (χ3n) is 4.06. The van der Waals surface area contributed by atoms with Crippen LogP contribution in [0, 0.1) is 0 Å². The lowest BCUT2D eigenvalue weighted by Gasteiger charge is -2.32. The van der Waals surface area contributed by atoms with Crippen molar-refractivity contribution in [2.45, 2.75) is 12.5 Å². The van der Waals surface area contributed by atoms with Crippen LogP contribution in [0.5, 0.6) is 5.75 Å². The molecule has 0 bridgehead atoms. The Labute approximate surface area is 135 Å². The number of ether oxygens (including phenoxy) is 2. The van der Waals surface area contributed by atoms with Gasteiger partial charge in [0.2, 0.25) is 0 Å². The van der Waals surface area contributed by atoms with Gasteiger partial charge in [0.1, 0.15) is 5.75 Å². The first-order chi connectivity index (χ1) is 11.2. The highest BCUT2D eigenvalue weighted by molar-refractivity contribution is 5.78.